The zero-order chi connectivity index (χ0) is 17.1. The first-order valence-corrected chi connectivity index (χ1v) is 8.77. The van der Waals surface area contributed by atoms with Gasteiger partial charge in [0, 0.05) is 42.8 Å². The molecule has 2 aromatic heterocycles. The average Bonchev–Trinajstić information content (AvgIpc) is 3.05. The van der Waals surface area contributed by atoms with Crippen molar-refractivity contribution in [3.05, 3.63) is 47.9 Å². The third-order valence-corrected chi connectivity index (χ3v) is 4.53. The molecule has 1 fully saturated rings. The lowest BCUT2D eigenvalue weighted by Gasteiger charge is -2.28. The molecule has 1 saturated heterocycles. The van der Waals surface area contributed by atoms with E-state index in [0.717, 1.165) is 56.7 Å². The van der Waals surface area contributed by atoms with Gasteiger partial charge in [-0.1, -0.05) is 18.2 Å². The Labute approximate surface area is 147 Å². The van der Waals surface area contributed by atoms with Gasteiger partial charge in [-0.05, 0) is 25.0 Å². The van der Waals surface area contributed by atoms with Crippen molar-refractivity contribution in [2.45, 2.75) is 13.3 Å². The molecule has 0 bridgehead atoms. The van der Waals surface area contributed by atoms with Gasteiger partial charge >= 0.3 is 0 Å². The van der Waals surface area contributed by atoms with E-state index in [-0.39, 0.29) is 0 Å². The first-order valence-electron chi connectivity index (χ1n) is 8.77. The van der Waals surface area contributed by atoms with E-state index in [2.05, 4.69) is 55.6 Å². The highest BCUT2D eigenvalue weighted by Crippen LogP contribution is 2.19. The normalized spacial score (nSPS) is 14.8. The highest BCUT2D eigenvalue weighted by Gasteiger charge is 2.14. The fourth-order valence-corrected chi connectivity index (χ4v) is 3.26. The number of para-hydroxylation sites is 1. The Hall–Kier alpha value is -2.60. The highest BCUT2D eigenvalue weighted by atomic mass is 16.5. The summed E-state index contributed by atoms with van der Waals surface area (Å²) in [5.74, 6) is 2.65. The second-order valence-electron chi connectivity index (χ2n) is 6.29. The van der Waals surface area contributed by atoms with Crippen LogP contribution < -0.4 is 10.2 Å². The van der Waals surface area contributed by atoms with Crippen molar-refractivity contribution in [1.29, 1.82) is 0 Å². The minimum atomic E-state index is 0.756. The van der Waals surface area contributed by atoms with Crippen molar-refractivity contribution in [2.75, 3.05) is 43.1 Å². The molecule has 0 aliphatic carbocycles. The topological polar surface area (TPSA) is 66.1 Å². The molecule has 4 rings (SSSR count). The van der Waals surface area contributed by atoms with E-state index in [0.29, 0.717) is 0 Å². The molecule has 1 aromatic carbocycles. The van der Waals surface area contributed by atoms with Gasteiger partial charge in [-0.25, -0.2) is 9.97 Å². The molecule has 0 unspecified atom stereocenters. The number of benzene rings is 1. The van der Waals surface area contributed by atoms with E-state index in [9.17, 15) is 0 Å². The number of nitrogens with one attached hydrogen (secondary N) is 2. The SMILES string of the molecule is Cc1nc(NCCc2c[nH]c3ccccc23)cc(N2CCOCC2)n1. The lowest BCUT2D eigenvalue weighted by Crippen LogP contribution is -2.37. The lowest BCUT2D eigenvalue weighted by molar-refractivity contribution is 0.122. The smallest absolute Gasteiger partial charge is 0.134 e. The molecule has 1 aliphatic rings. The van der Waals surface area contributed by atoms with E-state index in [1.54, 1.807) is 0 Å². The zero-order valence-electron chi connectivity index (χ0n) is 14.5. The van der Waals surface area contributed by atoms with Gasteiger partial charge in [0.2, 0.25) is 0 Å². The molecular formula is C19H23N5O. The first kappa shape index (κ1) is 15.9. The molecule has 1 aliphatic heterocycles. The van der Waals surface area contributed by atoms with Gasteiger partial charge < -0.3 is 19.9 Å². The molecule has 0 amide bonds. The summed E-state index contributed by atoms with van der Waals surface area (Å²) in [6.07, 6.45) is 3.04. The Bertz CT molecular complexity index is 854. The predicted octanol–water partition coefficient (Wildman–Crippen LogP) is 2.76. The number of rotatable bonds is 5. The standard InChI is InChI=1S/C19H23N5O/c1-14-22-18(12-19(23-14)24-8-10-25-11-9-24)20-7-6-15-13-21-17-5-3-2-4-16(15)17/h2-5,12-13,21H,6-11H2,1H3,(H,20,22,23). The average molecular weight is 337 g/mol. The maximum absolute atomic E-state index is 5.42. The summed E-state index contributed by atoms with van der Waals surface area (Å²) in [7, 11) is 0. The van der Waals surface area contributed by atoms with Crippen molar-refractivity contribution in [3.63, 3.8) is 0 Å². The second-order valence-corrected chi connectivity index (χ2v) is 6.29. The van der Waals surface area contributed by atoms with Gasteiger partial charge in [-0.2, -0.15) is 0 Å². The Morgan fingerprint density at radius 2 is 2.04 bits per heavy atom. The van der Waals surface area contributed by atoms with Gasteiger partial charge in [0.1, 0.15) is 17.5 Å². The molecule has 130 valence electrons. The van der Waals surface area contributed by atoms with E-state index < -0.39 is 0 Å². The third-order valence-electron chi connectivity index (χ3n) is 4.53. The number of anilines is 2. The van der Waals surface area contributed by atoms with E-state index in [1.807, 2.05) is 13.0 Å². The number of H-pyrrole nitrogens is 1. The van der Waals surface area contributed by atoms with Crippen LogP contribution in [0, 0.1) is 6.92 Å². The summed E-state index contributed by atoms with van der Waals surface area (Å²) in [4.78, 5) is 14.7. The number of hydrogen-bond acceptors (Lipinski definition) is 5. The van der Waals surface area contributed by atoms with Crippen LogP contribution in [0.5, 0.6) is 0 Å². The summed E-state index contributed by atoms with van der Waals surface area (Å²) < 4.78 is 5.42. The Morgan fingerprint density at radius 3 is 2.92 bits per heavy atom. The molecule has 0 saturated carbocycles. The number of aromatic nitrogens is 3. The number of fused-ring (bicyclic) bond motifs is 1. The van der Waals surface area contributed by atoms with Crippen LogP contribution in [0.4, 0.5) is 11.6 Å². The number of aryl methyl sites for hydroxylation is 1. The predicted molar refractivity (Wildman–Crippen MR) is 100 cm³/mol. The van der Waals surface area contributed by atoms with Gasteiger partial charge in [-0.3, -0.25) is 0 Å². The number of ether oxygens (including phenoxy) is 1. The summed E-state index contributed by atoms with van der Waals surface area (Å²) in [5.41, 5.74) is 2.51. The lowest BCUT2D eigenvalue weighted by atomic mass is 10.1. The molecule has 3 aromatic rings. The van der Waals surface area contributed by atoms with Crippen LogP contribution in [0.25, 0.3) is 10.9 Å². The van der Waals surface area contributed by atoms with Crippen LogP contribution >= 0.6 is 0 Å². The molecule has 2 N–H and O–H groups in total. The van der Waals surface area contributed by atoms with Crippen molar-refractivity contribution < 1.29 is 4.74 Å². The Morgan fingerprint density at radius 1 is 1.20 bits per heavy atom. The highest BCUT2D eigenvalue weighted by molar-refractivity contribution is 5.83. The summed E-state index contributed by atoms with van der Waals surface area (Å²) >= 11 is 0. The van der Waals surface area contributed by atoms with Crippen LogP contribution in [-0.2, 0) is 11.2 Å². The quantitative estimate of drug-likeness (QED) is 0.749. The number of aromatic amines is 1. The van der Waals surface area contributed by atoms with Crippen LogP contribution in [0.2, 0.25) is 0 Å². The number of nitrogens with zero attached hydrogens (tertiary/aromatic N) is 3. The molecular weight excluding hydrogens is 314 g/mol. The van der Waals surface area contributed by atoms with Crippen molar-refractivity contribution in [3.8, 4) is 0 Å². The largest absolute Gasteiger partial charge is 0.378 e. The van der Waals surface area contributed by atoms with Gasteiger partial charge in [0.05, 0.1) is 13.2 Å². The van der Waals surface area contributed by atoms with E-state index in [1.165, 1.54) is 16.5 Å². The van der Waals surface area contributed by atoms with Crippen LogP contribution in [-0.4, -0.2) is 47.8 Å². The van der Waals surface area contributed by atoms with Gasteiger partial charge in [0.15, 0.2) is 0 Å². The Kier molecular flexibility index (Phi) is 4.52. The maximum Gasteiger partial charge on any atom is 0.134 e. The fraction of sp³-hybridized carbons (Fsp3) is 0.368. The fourth-order valence-electron chi connectivity index (χ4n) is 3.26. The second kappa shape index (κ2) is 7.11. The molecule has 0 atom stereocenters. The van der Waals surface area contributed by atoms with Gasteiger partial charge in [-0.15, -0.1) is 0 Å². The van der Waals surface area contributed by atoms with Crippen LogP contribution in [0.1, 0.15) is 11.4 Å². The van der Waals surface area contributed by atoms with E-state index in [4.69, 9.17) is 4.74 Å². The minimum absolute atomic E-state index is 0.756. The third kappa shape index (κ3) is 3.58. The van der Waals surface area contributed by atoms with Crippen LogP contribution in [0.15, 0.2) is 36.5 Å². The van der Waals surface area contributed by atoms with Crippen molar-refractivity contribution in [1.82, 2.24) is 15.0 Å². The Balaban J connectivity index is 1.43. The number of hydrogen-bond donors (Lipinski definition) is 2. The summed E-state index contributed by atoms with van der Waals surface area (Å²) in [5, 5.41) is 4.73. The van der Waals surface area contributed by atoms with Gasteiger partial charge in [0.25, 0.3) is 0 Å². The summed E-state index contributed by atoms with van der Waals surface area (Å²) in [6.45, 7) is 6.05. The first-order chi connectivity index (χ1) is 12.3. The molecule has 0 spiro atoms. The molecule has 0 radical (unpaired) electrons. The molecule has 25 heavy (non-hydrogen) atoms. The molecule has 6 nitrogen and oxygen atoms in total. The molecule has 6 heteroatoms. The number of morpholine rings is 1. The maximum atomic E-state index is 5.42. The minimum Gasteiger partial charge on any atom is -0.378 e. The van der Waals surface area contributed by atoms with Crippen molar-refractivity contribution in [2.24, 2.45) is 0 Å². The zero-order valence-corrected chi connectivity index (χ0v) is 14.5. The monoisotopic (exact) mass is 337 g/mol. The van der Waals surface area contributed by atoms with Crippen LogP contribution in [0.3, 0.4) is 0 Å². The van der Waals surface area contributed by atoms with E-state index >= 15 is 0 Å². The summed E-state index contributed by atoms with van der Waals surface area (Å²) in [6, 6.07) is 10.4. The molecule has 3 heterocycles. The van der Waals surface area contributed by atoms with Crippen molar-refractivity contribution >= 4 is 22.5 Å².